The lowest BCUT2D eigenvalue weighted by Gasteiger charge is -2.17. The van der Waals surface area contributed by atoms with Gasteiger partial charge in [-0.1, -0.05) is 12.1 Å². The molecule has 0 radical (unpaired) electrons. The Morgan fingerprint density at radius 3 is 2.43 bits per heavy atom. The molecule has 0 aliphatic carbocycles. The normalized spacial score (nSPS) is 10.5. The Morgan fingerprint density at radius 2 is 1.74 bits per heavy atom. The maximum Gasteiger partial charge on any atom is 0.231 e. The van der Waals surface area contributed by atoms with E-state index in [2.05, 4.69) is 9.97 Å². The summed E-state index contributed by atoms with van der Waals surface area (Å²) in [6.45, 7) is 0. The molecule has 0 aliphatic rings. The Labute approximate surface area is 134 Å². The van der Waals surface area contributed by atoms with Gasteiger partial charge in [-0.25, -0.2) is 0 Å². The summed E-state index contributed by atoms with van der Waals surface area (Å²) < 4.78 is 5.12. The molecule has 5 heteroatoms. The van der Waals surface area contributed by atoms with Crippen LogP contribution in [0.15, 0.2) is 54.9 Å². The number of methoxy groups -OCH3 is 1. The Morgan fingerprint density at radius 1 is 1.04 bits per heavy atom. The van der Waals surface area contributed by atoms with Gasteiger partial charge in [0, 0.05) is 25.1 Å². The van der Waals surface area contributed by atoms with E-state index in [0.717, 1.165) is 28.0 Å². The first-order valence-electron chi connectivity index (χ1n) is 7.27. The van der Waals surface area contributed by atoms with Crippen molar-refractivity contribution in [2.24, 2.45) is 0 Å². The van der Waals surface area contributed by atoms with Crippen molar-refractivity contribution >= 4 is 22.6 Å². The van der Waals surface area contributed by atoms with Gasteiger partial charge in [0.05, 0.1) is 24.6 Å². The van der Waals surface area contributed by atoms with Crippen LogP contribution in [0.1, 0.15) is 5.56 Å². The number of benzene rings is 2. The van der Waals surface area contributed by atoms with Crippen LogP contribution in [-0.4, -0.2) is 30.0 Å². The lowest BCUT2D eigenvalue weighted by molar-refractivity contribution is -0.117. The predicted molar refractivity (Wildman–Crippen MR) is 89.6 cm³/mol. The molecule has 1 aromatic heterocycles. The number of aromatic nitrogens is 2. The van der Waals surface area contributed by atoms with E-state index in [1.165, 1.54) is 0 Å². The molecule has 0 N–H and O–H groups in total. The number of carbonyl (C=O) groups is 1. The summed E-state index contributed by atoms with van der Waals surface area (Å²) in [6.07, 6.45) is 3.63. The summed E-state index contributed by atoms with van der Waals surface area (Å²) in [5.74, 6) is 0.793. The third-order valence-electron chi connectivity index (χ3n) is 3.73. The molecule has 0 atom stereocenters. The van der Waals surface area contributed by atoms with Crippen LogP contribution in [0, 0.1) is 0 Å². The number of fused-ring (bicyclic) bond motifs is 1. The van der Waals surface area contributed by atoms with Gasteiger partial charge in [-0.05, 0) is 35.9 Å². The van der Waals surface area contributed by atoms with Crippen molar-refractivity contribution in [3.8, 4) is 5.75 Å². The van der Waals surface area contributed by atoms with Crippen molar-refractivity contribution < 1.29 is 9.53 Å². The minimum Gasteiger partial charge on any atom is -0.497 e. The second-order valence-electron chi connectivity index (χ2n) is 5.21. The summed E-state index contributed by atoms with van der Waals surface area (Å²) in [7, 11) is 3.39. The fraction of sp³-hybridized carbons (Fsp3) is 0.167. The van der Waals surface area contributed by atoms with Gasteiger partial charge in [-0.2, -0.15) is 0 Å². The second-order valence-corrected chi connectivity index (χ2v) is 5.21. The zero-order chi connectivity index (χ0) is 16.2. The van der Waals surface area contributed by atoms with Gasteiger partial charge in [0.15, 0.2) is 0 Å². The monoisotopic (exact) mass is 307 g/mol. The summed E-state index contributed by atoms with van der Waals surface area (Å²) in [6, 6.07) is 13.1. The molecule has 3 rings (SSSR count). The molecule has 1 heterocycles. The molecule has 0 fully saturated rings. The molecular formula is C18H17N3O2. The quantitative estimate of drug-likeness (QED) is 0.744. The molecule has 0 bridgehead atoms. The standard InChI is InChI=1S/C18H17N3O2/c1-21(14-5-8-16-17(12-14)20-10-9-19-16)18(22)11-13-3-6-15(23-2)7-4-13/h3-10,12H,11H2,1-2H3. The number of anilines is 1. The zero-order valence-electron chi connectivity index (χ0n) is 13.1. The number of likely N-dealkylation sites (N-methyl/N-ethyl adjacent to an activating group) is 1. The van der Waals surface area contributed by atoms with Gasteiger partial charge in [-0.3, -0.25) is 14.8 Å². The smallest absolute Gasteiger partial charge is 0.231 e. The fourth-order valence-corrected chi connectivity index (χ4v) is 2.34. The van der Waals surface area contributed by atoms with Gasteiger partial charge in [0.25, 0.3) is 0 Å². The minimum absolute atomic E-state index is 0.0124. The van der Waals surface area contributed by atoms with E-state index in [9.17, 15) is 4.79 Å². The number of carbonyl (C=O) groups excluding carboxylic acids is 1. The van der Waals surface area contributed by atoms with Crippen LogP contribution in [0.4, 0.5) is 5.69 Å². The van der Waals surface area contributed by atoms with Crippen molar-refractivity contribution in [3.63, 3.8) is 0 Å². The Hall–Kier alpha value is -2.95. The zero-order valence-corrected chi connectivity index (χ0v) is 13.1. The third-order valence-corrected chi connectivity index (χ3v) is 3.73. The van der Waals surface area contributed by atoms with Gasteiger partial charge >= 0.3 is 0 Å². The maximum atomic E-state index is 12.5. The highest BCUT2D eigenvalue weighted by Gasteiger charge is 2.12. The molecule has 5 nitrogen and oxygen atoms in total. The summed E-state index contributed by atoms with van der Waals surface area (Å²) in [5.41, 5.74) is 3.33. The van der Waals surface area contributed by atoms with E-state index in [4.69, 9.17) is 4.74 Å². The van der Waals surface area contributed by atoms with Crippen molar-refractivity contribution in [2.75, 3.05) is 19.1 Å². The Kier molecular flexibility index (Phi) is 4.19. The number of amides is 1. The highest BCUT2D eigenvalue weighted by atomic mass is 16.5. The average Bonchev–Trinajstić information content (AvgIpc) is 2.61. The SMILES string of the molecule is COc1ccc(CC(=O)N(C)c2ccc3nccnc3c2)cc1. The molecule has 23 heavy (non-hydrogen) atoms. The number of ether oxygens (including phenoxy) is 1. The Balaban J connectivity index is 1.77. The van der Waals surface area contributed by atoms with Gasteiger partial charge in [-0.15, -0.1) is 0 Å². The molecule has 0 spiro atoms. The van der Waals surface area contributed by atoms with E-state index in [-0.39, 0.29) is 5.91 Å². The molecule has 116 valence electrons. The molecule has 3 aromatic rings. The van der Waals surface area contributed by atoms with Gasteiger partial charge in [0.1, 0.15) is 5.75 Å². The number of hydrogen-bond donors (Lipinski definition) is 0. The molecule has 1 amide bonds. The molecule has 2 aromatic carbocycles. The van der Waals surface area contributed by atoms with Crippen LogP contribution < -0.4 is 9.64 Å². The van der Waals surface area contributed by atoms with Crippen molar-refractivity contribution in [1.82, 2.24) is 9.97 Å². The van der Waals surface area contributed by atoms with E-state index in [1.807, 2.05) is 42.5 Å². The van der Waals surface area contributed by atoms with Crippen molar-refractivity contribution in [1.29, 1.82) is 0 Å². The first-order chi connectivity index (χ1) is 11.2. The number of nitrogens with zero attached hydrogens (tertiary/aromatic N) is 3. The topological polar surface area (TPSA) is 55.3 Å². The molecule has 0 aliphatic heterocycles. The van der Waals surface area contributed by atoms with Crippen LogP contribution in [0.5, 0.6) is 5.75 Å². The summed E-state index contributed by atoms with van der Waals surface area (Å²) in [4.78, 5) is 22.6. The molecule has 0 saturated carbocycles. The van der Waals surface area contributed by atoms with Crippen LogP contribution in [0.2, 0.25) is 0 Å². The molecular weight excluding hydrogens is 290 g/mol. The van der Waals surface area contributed by atoms with Gasteiger partial charge in [0.2, 0.25) is 5.91 Å². The average molecular weight is 307 g/mol. The highest BCUT2D eigenvalue weighted by Crippen LogP contribution is 2.19. The first-order valence-corrected chi connectivity index (χ1v) is 7.27. The highest BCUT2D eigenvalue weighted by molar-refractivity contribution is 5.95. The van der Waals surface area contributed by atoms with Crippen LogP contribution >= 0.6 is 0 Å². The van der Waals surface area contributed by atoms with Gasteiger partial charge < -0.3 is 9.64 Å². The molecule has 0 unspecified atom stereocenters. The van der Waals surface area contributed by atoms with E-state index in [0.29, 0.717) is 6.42 Å². The minimum atomic E-state index is 0.0124. The number of hydrogen-bond acceptors (Lipinski definition) is 4. The second kappa shape index (κ2) is 6.44. The summed E-state index contributed by atoms with van der Waals surface area (Å²) in [5, 5.41) is 0. The van der Waals surface area contributed by atoms with Crippen molar-refractivity contribution in [2.45, 2.75) is 6.42 Å². The Bertz CT molecular complexity index is 831. The van der Waals surface area contributed by atoms with E-state index >= 15 is 0 Å². The van der Waals surface area contributed by atoms with E-state index in [1.54, 1.807) is 31.5 Å². The van der Waals surface area contributed by atoms with Crippen molar-refractivity contribution in [3.05, 3.63) is 60.4 Å². The lowest BCUT2D eigenvalue weighted by atomic mass is 10.1. The van der Waals surface area contributed by atoms with Crippen LogP contribution in [-0.2, 0) is 11.2 Å². The third kappa shape index (κ3) is 3.29. The van der Waals surface area contributed by atoms with E-state index < -0.39 is 0 Å². The lowest BCUT2D eigenvalue weighted by Crippen LogP contribution is -2.27. The van der Waals surface area contributed by atoms with Crippen LogP contribution in [0.3, 0.4) is 0 Å². The fourth-order valence-electron chi connectivity index (χ4n) is 2.34. The van der Waals surface area contributed by atoms with Crippen LogP contribution in [0.25, 0.3) is 11.0 Å². The largest absolute Gasteiger partial charge is 0.497 e. The predicted octanol–water partition coefficient (Wildman–Crippen LogP) is 2.84. The first kappa shape index (κ1) is 15.0. The number of rotatable bonds is 4. The maximum absolute atomic E-state index is 12.5. The molecule has 0 saturated heterocycles. The summed E-state index contributed by atoms with van der Waals surface area (Å²) >= 11 is 0.